The summed E-state index contributed by atoms with van der Waals surface area (Å²) in [6.07, 6.45) is 1.85. The minimum absolute atomic E-state index is 0.0803. The average Bonchev–Trinajstić information content (AvgIpc) is 2.67. The Kier molecular flexibility index (Phi) is 7.67. The molecule has 0 atom stereocenters. The molecule has 1 aliphatic rings. The third-order valence-corrected chi connectivity index (χ3v) is 4.66. The van der Waals surface area contributed by atoms with E-state index in [0.717, 1.165) is 5.69 Å². The summed E-state index contributed by atoms with van der Waals surface area (Å²) in [7, 11) is 1.83. The second-order valence-electron chi connectivity index (χ2n) is 7.91. The number of nitrogens with zero attached hydrogens (tertiary/aromatic N) is 4. The number of allylic oxidation sites excluding steroid dienone is 2. The van der Waals surface area contributed by atoms with Crippen LogP contribution in [0.4, 0.5) is 10.5 Å². The van der Waals surface area contributed by atoms with Crippen molar-refractivity contribution in [3.8, 4) is 0 Å². The Labute approximate surface area is 177 Å². The van der Waals surface area contributed by atoms with Gasteiger partial charge in [-0.3, -0.25) is 9.80 Å². The number of rotatable bonds is 5. The summed E-state index contributed by atoms with van der Waals surface area (Å²) >= 11 is 6.16. The highest BCUT2D eigenvalue weighted by molar-refractivity contribution is 6.40. The van der Waals surface area contributed by atoms with Gasteiger partial charge in [0.25, 0.3) is 0 Å². The lowest BCUT2D eigenvalue weighted by molar-refractivity contribution is -0.104. The highest BCUT2D eigenvalue weighted by Crippen LogP contribution is 2.18. The fourth-order valence-electron chi connectivity index (χ4n) is 2.78. The van der Waals surface area contributed by atoms with E-state index < -0.39 is 5.60 Å². The number of amides is 1. The van der Waals surface area contributed by atoms with Crippen LogP contribution in [0, 0.1) is 6.92 Å². The fraction of sp³-hybridized carbons (Fsp3) is 0.476. The molecule has 8 heteroatoms. The van der Waals surface area contributed by atoms with Crippen molar-refractivity contribution in [2.24, 2.45) is 5.10 Å². The quantitative estimate of drug-likeness (QED) is 0.315. The predicted octanol–water partition coefficient (Wildman–Crippen LogP) is 3.62. The first kappa shape index (κ1) is 22.7. The predicted molar refractivity (Wildman–Crippen MR) is 116 cm³/mol. The monoisotopic (exact) mass is 420 g/mol. The molecule has 1 aromatic rings. The molecule has 0 radical (unpaired) electrons. The van der Waals surface area contributed by atoms with Gasteiger partial charge in [0.1, 0.15) is 10.6 Å². The molecule has 1 amide bonds. The van der Waals surface area contributed by atoms with Crippen LogP contribution in [0.1, 0.15) is 26.3 Å². The first-order valence-electron chi connectivity index (χ1n) is 9.53. The molecule has 7 nitrogen and oxygen atoms in total. The van der Waals surface area contributed by atoms with Gasteiger partial charge in [-0.25, -0.2) is 4.79 Å². The van der Waals surface area contributed by atoms with Crippen molar-refractivity contribution in [3.05, 3.63) is 40.6 Å². The number of anilines is 1. The van der Waals surface area contributed by atoms with Gasteiger partial charge in [0.2, 0.25) is 0 Å². The van der Waals surface area contributed by atoms with Crippen LogP contribution >= 0.6 is 11.6 Å². The number of carbonyl (C=O) groups excluding carboxylic acids is 2. The first-order chi connectivity index (χ1) is 13.6. The standard InChI is InChI=1S/C21H29ClN4O3/c1-16-6-8-17(9-7-16)24(5)23-14-19(18(22)15-27)25-10-12-26(13-11-25)20(28)29-21(2,3)4/h6-9,14-15H,10-13H2,1-5H3/b19-18-,23-14-. The summed E-state index contributed by atoms with van der Waals surface area (Å²) in [4.78, 5) is 27.1. The maximum atomic E-state index is 12.2. The highest BCUT2D eigenvalue weighted by Gasteiger charge is 2.27. The molecule has 1 heterocycles. The Morgan fingerprint density at radius 3 is 2.21 bits per heavy atom. The molecule has 0 saturated carbocycles. The van der Waals surface area contributed by atoms with Crippen LogP contribution in [0.25, 0.3) is 0 Å². The van der Waals surface area contributed by atoms with Crippen molar-refractivity contribution >= 4 is 35.9 Å². The number of aryl methyl sites for hydroxylation is 1. The SMILES string of the molecule is Cc1ccc(N(C)/N=C\C(=C(\Cl)C=O)N2CCN(C(=O)OC(C)(C)C)CC2)cc1. The summed E-state index contributed by atoms with van der Waals surface area (Å²) in [5, 5.41) is 6.23. The molecule has 158 valence electrons. The molecule has 0 unspecified atom stereocenters. The van der Waals surface area contributed by atoms with E-state index in [1.54, 1.807) is 16.1 Å². The molecule has 1 aromatic carbocycles. The molecule has 1 aliphatic heterocycles. The maximum absolute atomic E-state index is 12.2. The minimum atomic E-state index is -0.534. The van der Waals surface area contributed by atoms with E-state index in [1.807, 2.05) is 63.9 Å². The van der Waals surface area contributed by atoms with Crippen molar-refractivity contribution in [2.75, 3.05) is 38.2 Å². The van der Waals surface area contributed by atoms with Crippen molar-refractivity contribution in [1.29, 1.82) is 0 Å². The number of aldehydes is 1. The van der Waals surface area contributed by atoms with Gasteiger partial charge in [0.05, 0.1) is 17.6 Å². The molecular weight excluding hydrogens is 392 g/mol. The molecular formula is C21H29ClN4O3. The van der Waals surface area contributed by atoms with Crippen molar-refractivity contribution in [1.82, 2.24) is 9.80 Å². The van der Waals surface area contributed by atoms with Gasteiger partial charge in [-0.1, -0.05) is 29.3 Å². The van der Waals surface area contributed by atoms with Crippen molar-refractivity contribution in [2.45, 2.75) is 33.3 Å². The molecule has 1 saturated heterocycles. The van der Waals surface area contributed by atoms with Gasteiger partial charge in [-0.15, -0.1) is 0 Å². The number of halogens is 1. The molecule has 1 fully saturated rings. The average molecular weight is 421 g/mol. The topological polar surface area (TPSA) is 65.5 Å². The summed E-state index contributed by atoms with van der Waals surface area (Å²) in [5.41, 5.74) is 2.08. The Bertz CT molecular complexity index is 776. The van der Waals surface area contributed by atoms with Gasteiger partial charge in [0.15, 0.2) is 6.29 Å². The number of carbonyl (C=O) groups is 2. The van der Waals surface area contributed by atoms with Gasteiger partial charge in [-0.2, -0.15) is 5.10 Å². The van der Waals surface area contributed by atoms with E-state index in [-0.39, 0.29) is 11.1 Å². The van der Waals surface area contributed by atoms with E-state index in [1.165, 1.54) is 5.56 Å². The number of benzene rings is 1. The summed E-state index contributed by atoms with van der Waals surface area (Å²) in [6.45, 7) is 9.55. The molecule has 0 aliphatic carbocycles. The molecule has 0 spiro atoms. The van der Waals surface area contributed by atoms with E-state index in [4.69, 9.17) is 16.3 Å². The number of hydrazone groups is 1. The summed E-state index contributed by atoms with van der Waals surface area (Å²) < 4.78 is 5.42. The second kappa shape index (κ2) is 9.78. The zero-order valence-corrected chi connectivity index (χ0v) is 18.4. The third-order valence-electron chi connectivity index (χ3n) is 4.38. The molecule has 2 rings (SSSR count). The Balaban J connectivity index is 2.06. The Hall–Kier alpha value is -2.54. The van der Waals surface area contributed by atoms with E-state index in [2.05, 4.69) is 5.10 Å². The maximum Gasteiger partial charge on any atom is 0.410 e. The van der Waals surface area contributed by atoms with Crippen LogP contribution in [-0.4, -0.2) is 67.2 Å². The van der Waals surface area contributed by atoms with Gasteiger partial charge in [-0.05, 0) is 39.8 Å². The van der Waals surface area contributed by atoms with Crippen LogP contribution in [0.5, 0.6) is 0 Å². The van der Waals surface area contributed by atoms with Gasteiger partial charge >= 0.3 is 6.09 Å². The molecule has 29 heavy (non-hydrogen) atoms. The Morgan fingerprint density at radius 2 is 1.69 bits per heavy atom. The molecule has 0 bridgehead atoms. The number of hydrogen-bond donors (Lipinski definition) is 0. The lowest BCUT2D eigenvalue weighted by Crippen LogP contribution is -2.49. The zero-order chi connectivity index (χ0) is 21.6. The minimum Gasteiger partial charge on any atom is -0.444 e. The van der Waals surface area contributed by atoms with Crippen molar-refractivity contribution < 1.29 is 14.3 Å². The number of piperazine rings is 1. The fourth-order valence-corrected chi connectivity index (χ4v) is 2.95. The van der Waals surface area contributed by atoms with E-state index >= 15 is 0 Å². The largest absolute Gasteiger partial charge is 0.444 e. The third kappa shape index (κ3) is 6.78. The Morgan fingerprint density at radius 1 is 1.14 bits per heavy atom. The number of ether oxygens (including phenoxy) is 1. The van der Waals surface area contributed by atoms with Crippen LogP contribution in [-0.2, 0) is 9.53 Å². The highest BCUT2D eigenvalue weighted by atomic mass is 35.5. The van der Waals surface area contributed by atoms with Gasteiger partial charge in [0, 0.05) is 33.2 Å². The van der Waals surface area contributed by atoms with Crippen LogP contribution < -0.4 is 5.01 Å². The molecule has 0 aromatic heterocycles. The summed E-state index contributed by atoms with van der Waals surface area (Å²) in [6, 6.07) is 7.95. The molecule has 0 N–H and O–H groups in total. The second-order valence-corrected chi connectivity index (χ2v) is 8.32. The van der Waals surface area contributed by atoms with Crippen molar-refractivity contribution in [3.63, 3.8) is 0 Å². The summed E-state index contributed by atoms with van der Waals surface area (Å²) in [5.74, 6) is 0. The smallest absolute Gasteiger partial charge is 0.410 e. The van der Waals surface area contributed by atoms with Crippen LogP contribution in [0.2, 0.25) is 0 Å². The van der Waals surface area contributed by atoms with E-state index in [0.29, 0.717) is 38.2 Å². The van der Waals surface area contributed by atoms with Crippen LogP contribution in [0.3, 0.4) is 0 Å². The lowest BCUT2D eigenvalue weighted by Gasteiger charge is -2.37. The number of hydrogen-bond acceptors (Lipinski definition) is 6. The van der Waals surface area contributed by atoms with Crippen LogP contribution in [0.15, 0.2) is 40.1 Å². The lowest BCUT2D eigenvalue weighted by atomic mass is 10.2. The van der Waals surface area contributed by atoms with E-state index in [9.17, 15) is 9.59 Å². The van der Waals surface area contributed by atoms with Gasteiger partial charge < -0.3 is 14.5 Å². The normalized spacial score (nSPS) is 15.9. The zero-order valence-electron chi connectivity index (χ0n) is 17.7. The first-order valence-corrected chi connectivity index (χ1v) is 9.90.